The second kappa shape index (κ2) is 5.20. The Morgan fingerprint density at radius 2 is 1.83 bits per heavy atom. The standard InChI is InChI=1S/C15H25NO2/c1-11-10-13-4-2-3-5-14(13)16(11)15(17)12-6-8-18-9-7-12/h11-14H,2-10H2,1H3. The molecule has 3 nitrogen and oxygen atoms in total. The third-order valence-electron chi connectivity index (χ3n) is 5.17. The predicted molar refractivity (Wildman–Crippen MR) is 70.2 cm³/mol. The zero-order chi connectivity index (χ0) is 12.5. The molecule has 2 aliphatic heterocycles. The summed E-state index contributed by atoms with van der Waals surface area (Å²) in [6.07, 6.45) is 8.35. The van der Waals surface area contributed by atoms with Gasteiger partial charge in [0.2, 0.25) is 5.91 Å². The van der Waals surface area contributed by atoms with Gasteiger partial charge in [-0.3, -0.25) is 4.79 Å². The Balaban J connectivity index is 1.71. The highest BCUT2D eigenvalue weighted by molar-refractivity contribution is 5.80. The molecule has 1 aliphatic carbocycles. The predicted octanol–water partition coefficient (Wildman–Crippen LogP) is 2.59. The first kappa shape index (κ1) is 12.5. The molecule has 3 unspecified atom stereocenters. The van der Waals surface area contributed by atoms with E-state index in [1.54, 1.807) is 0 Å². The lowest BCUT2D eigenvalue weighted by Crippen LogP contribution is -2.46. The summed E-state index contributed by atoms with van der Waals surface area (Å²) in [5.41, 5.74) is 0. The smallest absolute Gasteiger partial charge is 0.226 e. The van der Waals surface area contributed by atoms with Crippen molar-refractivity contribution in [3.8, 4) is 0 Å². The average molecular weight is 251 g/mol. The number of hydrogen-bond donors (Lipinski definition) is 0. The molecule has 2 heterocycles. The Hall–Kier alpha value is -0.570. The molecule has 1 saturated carbocycles. The summed E-state index contributed by atoms with van der Waals surface area (Å²) < 4.78 is 5.38. The normalized spacial score (nSPS) is 37.6. The topological polar surface area (TPSA) is 29.5 Å². The van der Waals surface area contributed by atoms with Crippen molar-refractivity contribution in [3.63, 3.8) is 0 Å². The second-order valence-corrected chi connectivity index (χ2v) is 6.33. The molecular weight excluding hydrogens is 226 g/mol. The van der Waals surface area contributed by atoms with Crippen LogP contribution in [0.3, 0.4) is 0 Å². The van der Waals surface area contributed by atoms with Crippen molar-refractivity contribution in [2.75, 3.05) is 13.2 Å². The highest BCUT2D eigenvalue weighted by Crippen LogP contribution is 2.40. The van der Waals surface area contributed by atoms with Crippen LogP contribution in [0.15, 0.2) is 0 Å². The van der Waals surface area contributed by atoms with Crippen LogP contribution in [0, 0.1) is 11.8 Å². The second-order valence-electron chi connectivity index (χ2n) is 6.33. The van der Waals surface area contributed by atoms with Crippen LogP contribution in [0.1, 0.15) is 51.9 Å². The number of rotatable bonds is 1. The van der Waals surface area contributed by atoms with Gasteiger partial charge in [-0.2, -0.15) is 0 Å². The number of nitrogens with zero attached hydrogens (tertiary/aromatic N) is 1. The van der Waals surface area contributed by atoms with Crippen molar-refractivity contribution in [3.05, 3.63) is 0 Å². The molecule has 0 radical (unpaired) electrons. The molecule has 0 aromatic rings. The molecular formula is C15H25NO2. The van der Waals surface area contributed by atoms with Crippen LogP contribution in [0.4, 0.5) is 0 Å². The molecule has 0 bridgehead atoms. The first-order chi connectivity index (χ1) is 8.77. The van der Waals surface area contributed by atoms with Crippen LogP contribution in [-0.4, -0.2) is 36.1 Å². The van der Waals surface area contributed by atoms with Crippen LogP contribution in [-0.2, 0) is 9.53 Å². The first-order valence-electron chi connectivity index (χ1n) is 7.67. The maximum absolute atomic E-state index is 12.7. The van der Waals surface area contributed by atoms with E-state index in [2.05, 4.69) is 11.8 Å². The summed E-state index contributed by atoms with van der Waals surface area (Å²) in [7, 11) is 0. The summed E-state index contributed by atoms with van der Waals surface area (Å²) in [5, 5.41) is 0. The fraction of sp³-hybridized carbons (Fsp3) is 0.933. The Kier molecular flexibility index (Phi) is 3.60. The van der Waals surface area contributed by atoms with E-state index in [0.717, 1.165) is 32.0 Å². The van der Waals surface area contributed by atoms with Crippen LogP contribution in [0.5, 0.6) is 0 Å². The zero-order valence-electron chi connectivity index (χ0n) is 11.4. The van der Waals surface area contributed by atoms with Gasteiger partial charge in [0.25, 0.3) is 0 Å². The third kappa shape index (κ3) is 2.18. The van der Waals surface area contributed by atoms with E-state index in [1.165, 1.54) is 32.1 Å². The lowest BCUT2D eigenvalue weighted by molar-refractivity contribution is -0.142. The fourth-order valence-electron chi connectivity index (χ4n) is 4.24. The van der Waals surface area contributed by atoms with E-state index in [0.29, 0.717) is 18.0 Å². The number of ether oxygens (including phenoxy) is 1. The van der Waals surface area contributed by atoms with Gasteiger partial charge in [-0.15, -0.1) is 0 Å². The molecule has 18 heavy (non-hydrogen) atoms. The summed E-state index contributed by atoms with van der Waals surface area (Å²) in [4.78, 5) is 15.0. The van der Waals surface area contributed by atoms with Gasteiger partial charge in [0.05, 0.1) is 0 Å². The van der Waals surface area contributed by atoms with Crippen LogP contribution < -0.4 is 0 Å². The maximum Gasteiger partial charge on any atom is 0.226 e. The fourth-order valence-corrected chi connectivity index (χ4v) is 4.24. The maximum atomic E-state index is 12.7. The summed E-state index contributed by atoms with van der Waals surface area (Å²) in [6, 6.07) is 1.03. The molecule has 3 atom stereocenters. The zero-order valence-corrected chi connectivity index (χ0v) is 11.4. The molecule has 2 saturated heterocycles. The number of amides is 1. The van der Waals surface area contributed by atoms with Gasteiger partial charge in [-0.25, -0.2) is 0 Å². The minimum atomic E-state index is 0.238. The minimum absolute atomic E-state index is 0.238. The van der Waals surface area contributed by atoms with E-state index >= 15 is 0 Å². The van der Waals surface area contributed by atoms with Crippen molar-refractivity contribution in [2.24, 2.45) is 11.8 Å². The van der Waals surface area contributed by atoms with Gasteiger partial charge in [0, 0.05) is 31.2 Å². The van der Waals surface area contributed by atoms with Crippen LogP contribution in [0.25, 0.3) is 0 Å². The van der Waals surface area contributed by atoms with Crippen molar-refractivity contribution >= 4 is 5.91 Å². The molecule has 102 valence electrons. The van der Waals surface area contributed by atoms with Crippen molar-refractivity contribution in [2.45, 2.75) is 64.0 Å². The van der Waals surface area contributed by atoms with E-state index < -0.39 is 0 Å². The molecule has 0 N–H and O–H groups in total. The molecule has 1 amide bonds. The van der Waals surface area contributed by atoms with Gasteiger partial charge in [0.1, 0.15) is 0 Å². The highest BCUT2D eigenvalue weighted by atomic mass is 16.5. The van der Waals surface area contributed by atoms with Gasteiger partial charge in [-0.1, -0.05) is 12.8 Å². The molecule has 3 fully saturated rings. The highest BCUT2D eigenvalue weighted by Gasteiger charge is 2.44. The molecule has 0 aromatic heterocycles. The average Bonchev–Trinajstić information content (AvgIpc) is 2.75. The molecule has 3 rings (SSSR count). The lowest BCUT2D eigenvalue weighted by Gasteiger charge is -2.36. The molecule has 0 aromatic carbocycles. The summed E-state index contributed by atoms with van der Waals surface area (Å²) >= 11 is 0. The Morgan fingerprint density at radius 3 is 2.61 bits per heavy atom. The van der Waals surface area contributed by atoms with Crippen molar-refractivity contribution in [1.82, 2.24) is 4.90 Å². The van der Waals surface area contributed by atoms with Gasteiger partial charge < -0.3 is 9.64 Å². The van der Waals surface area contributed by atoms with Gasteiger partial charge in [0.15, 0.2) is 0 Å². The SMILES string of the molecule is CC1CC2CCCCC2N1C(=O)C1CCOCC1. The molecule has 3 aliphatic rings. The largest absolute Gasteiger partial charge is 0.381 e. The Labute approximate surface area is 110 Å². The first-order valence-corrected chi connectivity index (χ1v) is 7.67. The summed E-state index contributed by atoms with van der Waals surface area (Å²) in [5.74, 6) is 1.46. The Morgan fingerprint density at radius 1 is 1.11 bits per heavy atom. The number of likely N-dealkylation sites (tertiary alicyclic amines) is 1. The van der Waals surface area contributed by atoms with Crippen molar-refractivity contribution < 1.29 is 9.53 Å². The molecule has 0 spiro atoms. The van der Waals surface area contributed by atoms with Crippen molar-refractivity contribution in [1.29, 1.82) is 0 Å². The van der Waals surface area contributed by atoms with E-state index in [1.807, 2.05) is 0 Å². The van der Waals surface area contributed by atoms with Gasteiger partial charge >= 0.3 is 0 Å². The quantitative estimate of drug-likeness (QED) is 0.717. The minimum Gasteiger partial charge on any atom is -0.381 e. The number of carbonyl (C=O) groups is 1. The van der Waals surface area contributed by atoms with E-state index in [-0.39, 0.29) is 5.92 Å². The monoisotopic (exact) mass is 251 g/mol. The number of hydrogen-bond acceptors (Lipinski definition) is 2. The summed E-state index contributed by atoms with van der Waals surface area (Å²) in [6.45, 7) is 3.79. The number of carbonyl (C=O) groups excluding carboxylic acids is 1. The van der Waals surface area contributed by atoms with Crippen LogP contribution in [0.2, 0.25) is 0 Å². The van der Waals surface area contributed by atoms with E-state index in [9.17, 15) is 4.79 Å². The molecule has 3 heteroatoms. The lowest BCUT2D eigenvalue weighted by atomic mass is 9.84. The van der Waals surface area contributed by atoms with E-state index in [4.69, 9.17) is 4.74 Å². The Bertz CT molecular complexity index is 312. The van der Waals surface area contributed by atoms with Gasteiger partial charge in [-0.05, 0) is 44.9 Å². The van der Waals surface area contributed by atoms with Crippen LogP contribution >= 0.6 is 0 Å². The number of fused-ring (bicyclic) bond motifs is 1. The third-order valence-corrected chi connectivity index (χ3v) is 5.17.